The number of ether oxygens (including phenoxy) is 1. The van der Waals surface area contributed by atoms with Crippen LogP contribution in [0.4, 0.5) is 0 Å². The molecule has 0 heterocycles. The fourth-order valence-electron chi connectivity index (χ4n) is 0.765. The van der Waals surface area contributed by atoms with Crippen molar-refractivity contribution < 1.29 is 14.1 Å². The summed E-state index contributed by atoms with van der Waals surface area (Å²) in [6.45, 7) is 2.01. The minimum atomic E-state index is 0.701. The lowest BCUT2D eigenvalue weighted by Crippen LogP contribution is -1.90. The zero-order chi connectivity index (χ0) is 10.2. The maximum atomic E-state index is 5.10. The molecule has 0 unspecified atom stereocenters. The molecule has 0 aliphatic carbocycles. The third-order valence-electron chi connectivity index (χ3n) is 1.39. The SMILES string of the molecule is CSOO/N=C/Oc1ccc(C)cc1. The molecule has 0 aromatic heterocycles. The fourth-order valence-corrected chi connectivity index (χ4v) is 0.861. The maximum absolute atomic E-state index is 5.10. The number of hydrogen-bond donors (Lipinski definition) is 0. The van der Waals surface area contributed by atoms with E-state index in [2.05, 4.69) is 14.5 Å². The van der Waals surface area contributed by atoms with Crippen LogP contribution in [0.15, 0.2) is 29.4 Å². The number of benzene rings is 1. The summed E-state index contributed by atoms with van der Waals surface area (Å²) in [6.07, 6.45) is 2.89. The molecule has 76 valence electrons. The first-order valence-corrected chi connectivity index (χ1v) is 5.09. The van der Waals surface area contributed by atoms with Crippen LogP contribution in [0.5, 0.6) is 5.75 Å². The number of nitrogens with zero attached hydrogens (tertiary/aromatic N) is 1. The first kappa shape index (κ1) is 10.9. The molecule has 14 heavy (non-hydrogen) atoms. The maximum Gasteiger partial charge on any atom is 0.222 e. The Kier molecular flexibility index (Phi) is 4.88. The van der Waals surface area contributed by atoms with Gasteiger partial charge in [0.1, 0.15) is 5.75 Å². The van der Waals surface area contributed by atoms with E-state index in [0.29, 0.717) is 5.75 Å². The van der Waals surface area contributed by atoms with Gasteiger partial charge in [0.25, 0.3) is 0 Å². The minimum Gasteiger partial charge on any atom is -0.442 e. The lowest BCUT2D eigenvalue weighted by atomic mass is 10.2. The lowest BCUT2D eigenvalue weighted by molar-refractivity contribution is -0.190. The van der Waals surface area contributed by atoms with Gasteiger partial charge in [-0.1, -0.05) is 22.0 Å². The van der Waals surface area contributed by atoms with Crippen LogP contribution in [-0.4, -0.2) is 12.7 Å². The molecule has 5 heteroatoms. The predicted molar refractivity (Wildman–Crippen MR) is 56.0 cm³/mol. The van der Waals surface area contributed by atoms with Crippen molar-refractivity contribution >= 4 is 18.4 Å². The molecule has 0 amide bonds. The average molecular weight is 213 g/mol. The Morgan fingerprint density at radius 2 is 2.00 bits per heavy atom. The molecule has 0 saturated heterocycles. The van der Waals surface area contributed by atoms with Gasteiger partial charge >= 0.3 is 0 Å². The Morgan fingerprint density at radius 1 is 1.29 bits per heavy atom. The summed E-state index contributed by atoms with van der Waals surface area (Å²) in [7, 11) is 0. The predicted octanol–water partition coefficient (Wildman–Crippen LogP) is 2.54. The largest absolute Gasteiger partial charge is 0.442 e. The minimum absolute atomic E-state index is 0.701. The van der Waals surface area contributed by atoms with Gasteiger partial charge in [0.05, 0.1) is 0 Å². The first-order chi connectivity index (χ1) is 6.83. The summed E-state index contributed by atoms with van der Waals surface area (Å²) in [5.74, 6) is 0.701. The number of aryl methyl sites for hydroxylation is 1. The first-order valence-electron chi connectivity index (χ1n) is 3.94. The van der Waals surface area contributed by atoms with Crippen LogP contribution in [0.1, 0.15) is 5.56 Å². The highest BCUT2D eigenvalue weighted by molar-refractivity contribution is 7.93. The molecule has 0 bridgehead atoms. The van der Waals surface area contributed by atoms with Gasteiger partial charge in [0.2, 0.25) is 6.40 Å². The summed E-state index contributed by atoms with van der Waals surface area (Å²) in [6, 6.07) is 7.58. The van der Waals surface area contributed by atoms with Crippen LogP contribution in [0.25, 0.3) is 0 Å². The second-order valence-corrected chi connectivity index (χ2v) is 2.92. The number of rotatable bonds is 5. The van der Waals surface area contributed by atoms with Crippen molar-refractivity contribution in [3.8, 4) is 5.75 Å². The van der Waals surface area contributed by atoms with Crippen LogP contribution in [-0.2, 0) is 9.32 Å². The molecule has 0 saturated carbocycles. The summed E-state index contributed by atoms with van der Waals surface area (Å²) in [4.78, 5) is 4.34. The standard InChI is InChI=1S/C9H11NO3S/c1-8-3-5-9(6-4-8)11-7-10-12-13-14-2/h3-7H,1-2H3/b10-7+. The van der Waals surface area contributed by atoms with E-state index in [1.165, 1.54) is 12.0 Å². The molecule has 0 atom stereocenters. The highest BCUT2D eigenvalue weighted by atomic mass is 32.2. The number of hydrogen-bond acceptors (Lipinski definition) is 5. The van der Waals surface area contributed by atoms with Gasteiger partial charge < -0.3 is 4.74 Å². The average Bonchev–Trinajstić information content (AvgIpc) is 2.21. The number of oxime groups is 1. The van der Waals surface area contributed by atoms with Crippen molar-refractivity contribution in [3.63, 3.8) is 0 Å². The monoisotopic (exact) mass is 213 g/mol. The highest BCUT2D eigenvalue weighted by Gasteiger charge is 1.89. The van der Waals surface area contributed by atoms with Gasteiger partial charge in [-0.3, -0.25) is 0 Å². The second-order valence-electron chi connectivity index (χ2n) is 2.45. The normalized spacial score (nSPS) is 10.4. The Hall–Kier alpha value is -1.20. The van der Waals surface area contributed by atoms with E-state index in [-0.39, 0.29) is 0 Å². The van der Waals surface area contributed by atoms with Crippen LogP contribution in [0.2, 0.25) is 0 Å². The van der Waals surface area contributed by atoms with Crippen LogP contribution < -0.4 is 4.74 Å². The van der Waals surface area contributed by atoms with Gasteiger partial charge in [0.15, 0.2) is 0 Å². The molecule has 0 N–H and O–H groups in total. The Bertz CT molecular complexity index is 287. The van der Waals surface area contributed by atoms with Gasteiger partial charge in [0, 0.05) is 18.3 Å². The quantitative estimate of drug-likeness (QED) is 0.188. The van der Waals surface area contributed by atoms with Crippen LogP contribution in [0.3, 0.4) is 0 Å². The molecule has 0 radical (unpaired) electrons. The zero-order valence-corrected chi connectivity index (χ0v) is 8.78. The molecular weight excluding hydrogens is 202 g/mol. The molecule has 4 nitrogen and oxygen atoms in total. The van der Waals surface area contributed by atoms with Crippen molar-refractivity contribution in [2.24, 2.45) is 5.16 Å². The van der Waals surface area contributed by atoms with Gasteiger partial charge in [-0.25, -0.2) is 4.99 Å². The topological polar surface area (TPSA) is 40.0 Å². The van der Waals surface area contributed by atoms with Crippen molar-refractivity contribution in [1.82, 2.24) is 0 Å². The van der Waals surface area contributed by atoms with Crippen molar-refractivity contribution in [3.05, 3.63) is 29.8 Å². The van der Waals surface area contributed by atoms with Gasteiger partial charge in [-0.05, 0) is 24.2 Å². The summed E-state index contributed by atoms with van der Waals surface area (Å²) < 4.78 is 9.53. The highest BCUT2D eigenvalue weighted by Crippen LogP contribution is 2.10. The molecule has 0 aliphatic heterocycles. The summed E-state index contributed by atoms with van der Waals surface area (Å²) >= 11 is 1.06. The third kappa shape index (κ3) is 4.15. The van der Waals surface area contributed by atoms with E-state index in [9.17, 15) is 0 Å². The van der Waals surface area contributed by atoms with E-state index in [1.807, 2.05) is 31.2 Å². The van der Waals surface area contributed by atoms with Gasteiger partial charge in [-0.2, -0.15) is 0 Å². The van der Waals surface area contributed by atoms with E-state index in [1.54, 1.807) is 6.26 Å². The zero-order valence-electron chi connectivity index (χ0n) is 7.97. The van der Waals surface area contributed by atoms with E-state index in [0.717, 1.165) is 12.0 Å². The van der Waals surface area contributed by atoms with Crippen molar-refractivity contribution in [2.45, 2.75) is 6.92 Å². The van der Waals surface area contributed by atoms with E-state index < -0.39 is 0 Å². The van der Waals surface area contributed by atoms with Crippen LogP contribution in [0, 0.1) is 6.92 Å². The van der Waals surface area contributed by atoms with Crippen molar-refractivity contribution in [2.75, 3.05) is 6.26 Å². The van der Waals surface area contributed by atoms with Crippen molar-refractivity contribution in [1.29, 1.82) is 0 Å². The summed E-state index contributed by atoms with van der Waals surface area (Å²) in [5.41, 5.74) is 1.18. The molecule has 1 aromatic carbocycles. The molecule has 0 spiro atoms. The van der Waals surface area contributed by atoms with Gasteiger partial charge in [-0.15, -0.1) is 0 Å². The fraction of sp³-hybridized carbons (Fsp3) is 0.222. The second kappa shape index (κ2) is 6.28. The molecule has 1 rings (SSSR count). The Morgan fingerprint density at radius 3 is 2.64 bits per heavy atom. The lowest BCUT2D eigenvalue weighted by Gasteiger charge is -1.98. The van der Waals surface area contributed by atoms with E-state index in [4.69, 9.17) is 4.74 Å². The third-order valence-corrected chi connectivity index (χ3v) is 1.59. The molecule has 0 aliphatic rings. The Labute approximate surface area is 87.0 Å². The smallest absolute Gasteiger partial charge is 0.222 e. The van der Waals surface area contributed by atoms with Crippen LogP contribution >= 0.6 is 12.0 Å². The summed E-state index contributed by atoms with van der Waals surface area (Å²) in [5, 5.41) is 3.39. The van der Waals surface area contributed by atoms with E-state index >= 15 is 0 Å². The molecule has 1 aromatic rings. The Balaban J connectivity index is 2.30. The molecule has 0 fully saturated rings. The molecular formula is C9H11NO3S.